The highest BCUT2D eigenvalue weighted by molar-refractivity contribution is 6.11. The summed E-state index contributed by atoms with van der Waals surface area (Å²) in [4.78, 5) is 23.0. The minimum Gasteiger partial charge on any atom is -0.390 e. The highest BCUT2D eigenvalue weighted by atomic mass is 19.1. The van der Waals surface area contributed by atoms with Crippen molar-refractivity contribution in [2.45, 2.75) is 50.5 Å². The van der Waals surface area contributed by atoms with Crippen LogP contribution in [0.4, 0.5) is 8.78 Å². The van der Waals surface area contributed by atoms with Gasteiger partial charge < -0.3 is 14.7 Å². The molecule has 0 aromatic heterocycles. The van der Waals surface area contributed by atoms with Gasteiger partial charge in [-0.15, -0.1) is 0 Å². The second kappa shape index (κ2) is 10.7. The van der Waals surface area contributed by atoms with Crippen LogP contribution in [0.3, 0.4) is 0 Å². The molecule has 1 spiro atoms. The number of aliphatic imine (C=N–C) groups is 1. The maximum atomic E-state index is 14.3. The second-order valence-electron chi connectivity index (χ2n) is 11.7. The summed E-state index contributed by atoms with van der Waals surface area (Å²) in [6.07, 6.45) is 0.873. The highest BCUT2D eigenvalue weighted by Gasteiger charge is 2.52. The van der Waals surface area contributed by atoms with Gasteiger partial charge in [0.15, 0.2) is 5.54 Å². The Hall–Kier alpha value is -3.46. The van der Waals surface area contributed by atoms with E-state index in [1.165, 1.54) is 35.4 Å². The van der Waals surface area contributed by atoms with Crippen molar-refractivity contribution in [1.29, 1.82) is 0 Å². The van der Waals surface area contributed by atoms with E-state index in [1.807, 2.05) is 19.9 Å². The summed E-state index contributed by atoms with van der Waals surface area (Å²) < 4.78 is 34.0. The van der Waals surface area contributed by atoms with E-state index in [0.717, 1.165) is 25.9 Å². The van der Waals surface area contributed by atoms with E-state index >= 15 is 0 Å². The lowest BCUT2D eigenvalue weighted by molar-refractivity contribution is -0.131. The SMILES string of the molecule is CC(C)C1=NC(c2ccc(F)cc2)(c2ccc(F)cc2)C(=O)N1CC(O)CN1CCC2(CC1)OCc1ccccc12. The van der Waals surface area contributed by atoms with Gasteiger partial charge in [-0.25, -0.2) is 13.8 Å². The van der Waals surface area contributed by atoms with E-state index in [2.05, 4.69) is 23.1 Å². The maximum Gasteiger partial charge on any atom is 0.265 e. The van der Waals surface area contributed by atoms with Gasteiger partial charge in [0, 0.05) is 25.6 Å². The molecular weight excluding hydrogens is 524 g/mol. The van der Waals surface area contributed by atoms with E-state index in [9.17, 15) is 18.7 Å². The first-order valence-electron chi connectivity index (χ1n) is 14.3. The number of amidine groups is 1. The van der Waals surface area contributed by atoms with E-state index in [0.29, 0.717) is 30.1 Å². The number of fused-ring (bicyclic) bond motifs is 2. The van der Waals surface area contributed by atoms with Crippen LogP contribution in [0.2, 0.25) is 0 Å². The third kappa shape index (κ3) is 4.88. The van der Waals surface area contributed by atoms with E-state index < -0.39 is 23.3 Å². The molecule has 1 unspecified atom stereocenters. The molecule has 1 saturated heterocycles. The molecule has 214 valence electrons. The molecule has 1 atom stereocenters. The topological polar surface area (TPSA) is 65.4 Å². The number of hydrogen-bond donors (Lipinski definition) is 1. The van der Waals surface area contributed by atoms with Crippen molar-refractivity contribution in [1.82, 2.24) is 9.80 Å². The molecule has 0 saturated carbocycles. The first-order chi connectivity index (χ1) is 19.7. The number of piperidine rings is 1. The molecule has 0 aliphatic carbocycles. The monoisotopic (exact) mass is 559 g/mol. The average molecular weight is 560 g/mol. The molecule has 6 nitrogen and oxygen atoms in total. The number of rotatable bonds is 7. The van der Waals surface area contributed by atoms with Gasteiger partial charge in [-0.3, -0.25) is 9.69 Å². The number of ether oxygens (including phenoxy) is 1. The van der Waals surface area contributed by atoms with Gasteiger partial charge in [0.25, 0.3) is 5.91 Å². The van der Waals surface area contributed by atoms with Gasteiger partial charge >= 0.3 is 0 Å². The van der Waals surface area contributed by atoms with Crippen molar-refractivity contribution in [3.05, 3.63) is 107 Å². The molecule has 6 rings (SSSR count). The van der Waals surface area contributed by atoms with Crippen molar-refractivity contribution >= 4 is 11.7 Å². The smallest absolute Gasteiger partial charge is 0.265 e. The highest BCUT2D eigenvalue weighted by Crippen LogP contribution is 2.44. The first-order valence-corrected chi connectivity index (χ1v) is 14.3. The van der Waals surface area contributed by atoms with Crippen molar-refractivity contribution in [3.63, 3.8) is 0 Å². The fourth-order valence-corrected chi connectivity index (χ4v) is 6.58. The number of likely N-dealkylation sites (tertiary alicyclic amines) is 1. The number of amides is 1. The van der Waals surface area contributed by atoms with Crippen LogP contribution >= 0.6 is 0 Å². The van der Waals surface area contributed by atoms with E-state index in [4.69, 9.17) is 9.73 Å². The lowest BCUT2D eigenvalue weighted by Crippen LogP contribution is -2.50. The first kappa shape index (κ1) is 27.7. The Morgan fingerprint density at radius 2 is 1.49 bits per heavy atom. The molecule has 3 heterocycles. The zero-order chi connectivity index (χ0) is 28.8. The zero-order valence-electron chi connectivity index (χ0n) is 23.4. The summed E-state index contributed by atoms with van der Waals surface area (Å²) in [6.45, 7) is 6.56. The molecule has 0 radical (unpaired) electrons. The number of hydrogen-bond acceptors (Lipinski definition) is 5. The number of aliphatic hydroxyl groups excluding tert-OH is 1. The summed E-state index contributed by atoms with van der Waals surface area (Å²) in [6, 6.07) is 19.8. The molecule has 41 heavy (non-hydrogen) atoms. The molecule has 8 heteroatoms. The van der Waals surface area contributed by atoms with Crippen LogP contribution in [-0.2, 0) is 27.3 Å². The van der Waals surface area contributed by atoms with Gasteiger partial charge in [-0.2, -0.15) is 0 Å². The number of carbonyl (C=O) groups excluding carboxylic acids is 1. The number of nitrogens with zero attached hydrogens (tertiary/aromatic N) is 3. The molecule has 3 aliphatic rings. The van der Waals surface area contributed by atoms with Crippen LogP contribution in [0.1, 0.15) is 48.9 Å². The summed E-state index contributed by atoms with van der Waals surface area (Å²) >= 11 is 0. The Morgan fingerprint density at radius 3 is 2.07 bits per heavy atom. The summed E-state index contributed by atoms with van der Waals surface area (Å²) in [5.74, 6) is -0.779. The Balaban J connectivity index is 1.21. The fraction of sp³-hybridized carbons (Fsp3) is 0.394. The van der Waals surface area contributed by atoms with Gasteiger partial charge in [-0.05, 0) is 59.4 Å². The zero-order valence-corrected chi connectivity index (χ0v) is 23.4. The molecule has 1 fully saturated rings. The van der Waals surface area contributed by atoms with Crippen molar-refractivity contribution in [3.8, 4) is 0 Å². The van der Waals surface area contributed by atoms with Crippen molar-refractivity contribution in [2.24, 2.45) is 10.9 Å². The normalized spacial score (nSPS) is 20.5. The van der Waals surface area contributed by atoms with Crippen molar-refractivity contribution < 1.29 is 23.4 Å². The van der Waals surface area contributed by atoms with Crippen LogP contribution in [0.25, 0.3) is 0 Å². The quantitative estimate of drug-likeness (QED) is 0.443. The Morgan fingerprint density at radius 1 is 0.902 bits per heavy atom. The van der Waals surface area contributed by atoms with Crippen molar-refractivity contribution in [2.75, 3.05) is 26.2 Å². The lowest BCUT2D eigenvalue weighted by atomic mass is 9.82. The average Bonchev–Trinajstić information content (AvgIpc) is 3.47. The largest absolute Gasteiger partial charge is 0.390 e. The summed E-state index contributed by atoms with van der Waals surface area (Å²) in [5.41, 5.74) is 1.75. The van der Waals surface area contributed by atoms with Crippen LogP contribution in [-0.4, -0.2) is 58.9 Å². The second-order valence-corrected chi connectivity index (χ2v) is 11.7. The molecule has 0 bridgehead atoms. The predicted octanol–water partition coefficient (Wildman–Crippen LogP) is 4.99. The summed E-state index contributed by atoms with van der Waals surface area (Å²) in [7, 11) is 0. The summed E-state index contributed by atoms with van der Waals surface area (Å²) in [5, 5.41) is 11.3. The Labute approximate surface area is 239 Å². The fourth-order valence-electron chi connectivity index (χ4n) is 6.58. The predicted molar refractivity (Wildman–Crippen MR) is 152 cm³/mol. The Kier molecular flexibility index (Phi) is 7.26. The molecular formula is C33H35F2N3O3. The number of benzene rings is 3. The lowest BCUT2D eigenvalue weighted by Gasteiger charge is -2.40. The standard InChI is InChI=1S/C33H35F2N3O3/c1-22(2)30-36-33(24-7-11-26(34)12-8-24,25-9-13-27(35)14-10-25)31(40)38(30)20-28(39)19-37-17-15-32(16-18-37)29-6-4-3-5-23(29)21-41-32/h3-14,22,28,39H,15-21H2,1-2H3. The van der Waals surface area contributed by atoms with Gasteiger partial charge in [0.1, 0.15) is 17.5 Å². The molecule has 3 aliphatic heterocycles. The Bertz CT molecular complexity index is 1400. The molecule has 3 aromatic carbocycles. The number of aliphatic hydroxyl groups is 1. The van der Waals surface area contributed by atoms with Crippen LogP contribution in [0.5, 0.6) is 0 Å². The van der Waals surface area contributed by atoms with Gasteiger partial charge in [0.05, 0.1) is 24.9 Å². The van der Waals surface area contributed by atoms with Gasteiger partial charge in [-0.1, -0.05) is 62.4 Å². The number of carbonyl (C=O) groups is 1. The minimum absolute atomic E-state index is 0.0704. The minimum atomic E-state index is -1.49. The molecule has 1 N–H and O–H groups in total. The molecule has 3 aromatic rings. The van der Waals surface area contributed by atoms with E-state index in [1.54, 1.807) is 29.2 Å². The van der Waals surface area contributed by atoms with Crippen LogP contribution in [0.15, 0.2) is 77.8 Å². The molecule has 1 amide bonds. The van der Waals surface area contributed by atoms with Crippen LogP contribution < -0.4 is 0 Å². The van der Waals surface area contributed by atoms with E-state index in [-0.39, 0.29) is 24.0 Å². The maximum absolute atomic E-state index is 14.3. The number of halogens is 2. The van der Waals surface area contributed by atoms with Gasteiger partial charge in [0.2, 0.25) is 0 Å². The number of β-amino-alcohol motifs (C(OH)–C–C–N with tert-alkyl or cyclic N) is 1. The third-order valence-electron chi connectivity index (χ3n) is 8.69. The third-order valence-corrected chi connectivity index (χ3v) is 8.69. The van der Waals surface area contributed by atoms with Crippen LogP contribution in [0, 0.1) is 17.6 Å².